The lowest BCUT2D eigenvalue weighted by Gasteiger charge is -2.14. The second-order valence-electron chi connectivity index (χ2n) is 6.14. The monoisotopic (exact) mass is 421 g/mol. The van der Waals surface area contributed by atoms with Crippen LogP contribution >= 0.6 is 47.2 Å². The van der Waals surface area contributed by atoms with Gasteiger partial charge in [-0.05, 0) is 49.2 Å². The first-order valence-electron chi connectivity index (χ1n) is 8.01. The molecule has 0 aromatic heterocycles. The maximum atomic E-state index is 6.19. The summed E-state index contributed by atoms with van der Waals surface area (Å²) in [6, 6.07) is 11.1. The molecule has 138 valence electrons. The summed E-state index contributed by atoms with van der Waals surface area (Å²) in [5.74, 6) is 1.49. The Balaban J connectivity index is 0.00000312. The minimum Gasteiger partial charge on any atom is -0.489 e. The van der Waals surface area contributed by atoms with Gasteiger partial charge in [0.2, 0.25) is 0 Å². The zero-order valence-corrected chi connectivity index (χ0v) is 17.4. The van der Waals surface area contributed by atoms with Gasteiger partial charge in [0.1, 0.15) is 12.4 Å². The fraction of sp³-hybridized carbons (Fsp3) is 0.368. The fourth-order valence-electron chi connectivity index (χ4n) is 2.24. The molecule has 0 spiro atoms. The molecule has 0 radical (unpaired) electrons. The summed E-state index contributed by atoms with van der Waals surface area (Å²) >= 11 is 18.2. The molecule has 2 aromatic rings. The van der Waals surface area contributed by atoms with E-state index in [1.54, 1.807) is 6.07 Å². The normalized spacial score (nSPS) is 10.6. The van der Waals surface area contributed by atoms with Crippen molar-refractivity contribution < 1.29 is 4.74 Å². The first kappa shape index (κ1) is 22.4. The Morgan fingerprint density at radius 1 is 0.960 bits per heavy atom. The maximum absolute atomic E-state index is 6.19. The summed E-state index contributed by atoms with van der Waals surface area (Å²) in [5.41, 5.74) is 1.94. The van der Waals surface area contributed by atoms with Crippen LogP contribution in [-0.2, 0) is 13.2 Å². The van der Waals surface area contributed by atoms with Crippen LogP contribution in [0.2, 0.25) is 15.1 Å². The molecule has 2 rings (SSSR count). The van der Waals surface area contributed by atoms with Crippen molar-refractivity contribution in [3.05, 3.63) is 62.6 Å². The van der Waals surface area contributed by atoms with Crippen molar-refractivity contribution in [2.45, 2.75) is 33.4 Å². The predicted octanol–water partition coefficient (Wildman–Crippen LogP) is 6.78. The van der Waals surface area contributed by atoms with Crippen LogP contribution in [0.15, 0.2) is 36.4 Å². The lowest BCUT2D eigenvalue weighted by Crippen LogP contribution is -2.17. The molecule has 0 aliphatic heterocycles. The Morgan fingerprint density at radius 3 is 2.32 bits per heavy atom. The van der Waals surface area contributed by atoms with E-state index in [2.05, 4.69) is 19.2 Å². The van der Waals surface area contributed by atoms with Gasteiger partial charge < -0.3 is 10.1 Å². The van der Waals surface area contributed by atoms with Gasteiger partial charge >= 0.3 is 0 Å². The minimum atomic E-state index is 0. The third kappa shape index (κ3) is 7.64. The summed E-state index contributed by atoms with van der Waals surface area (Å²) in [6.07, 6.45) is 1.14. The Morgan fingerprint density at radius 2 is 1.64 bits per heavy atom. The lowest BCUT2D eigenvalue weighted by atomic mass is 10.1. The highest BCUT2D eigenvalue weighted by molar-refractivity contribution is 6.35. The van der Waals surface area contributed by atoms with Crippen molar-refractivity contribution in [2.24, 2.45) is 5.92 Å². The molecule has 0 atom stereocenters. The van der Waals surface area contributed by atoms with Crippen LogP contribution in [0, 0.1) is 5.92 Å². The molecule has 0 amide bonds. The van der Waals surface area contributed by atoms with Crippen LogP contribution in [0.1, 0.15) is 31.4 Å². The quantitative estimate of drug-likeness (QED) is 0.473. The van der Waals surface area contributed by atoms with Crippen LogP contribution < -0.4 is 10.1 Å². The number of rotatable bonds is 8. The molecule has 0 saturated heterocycles. The number of ether oxygens (including phenoxy) is 1. The van der Waals surface area contributed by atoms with E-state index in [0.29, 0.717) is 27.6 Å². The topological polar surface area (TPSA) is 21.3 Å². The Labute approximate surface area is 171 Å². The molecular formula is C19H23Cl4NO. The second kappa shape index (κ2) is 11.2. The number of hydrogen-bond donors (Lipinski definition) is 1. The van der Waals surface area contributed by atoms with Gasteiger partial charge in [0.05, 0.1) is 0 Å². The Hall–Kier alpha value is -0.640. The molecule has 2 aromatic carbocycles. The van der Waals surface area contributed by atoms with Crippen molar-refractivity contribution in [1.29, 1.82) is 0 Å². The highest BCUT2D eigenvalue weighted by Crippen LogP contribution is 2.26. The van der Waals surface area contributed by atoms with Gasteiger partial charge in [0.25, 0.3) is 0 Å². The molecule has 0 saturated carbocycles. The van der Waals surface area contributed by atoms with Gasteiger partial charge in [-0.3, -0.25) is 0 Å². The largest absolute Gasteiger partial charge is 0.489 e. The number of benzene rings is 2. The van der Waals surface area contributed by atoms with E-state index >= 15 is 0 Å². The van der Waals surface area contributed by atoms with Crippen molar-refractivity contribution in [1.82, 2.24) is 5.32 Å². The number of halogens is 4. The minimum absolute atomic E-state index is 0. The zero-order chi connectivity index (χ0) is 17.5. The van der Waals surface area contributed by atoms with E-state index in [1.807, 2.05) is 30.3 Å². The van der Waals surface area contributed by atoms with Gasteiger partial charge in [0.15, 0.2) is 0 Å². The molecule has 2 nitrogen and oxygen atoms in total. The van der Waals surface area contributed by atoms with Crippen molar-refractivity contribution in [3.63, 3.8) is 0 Å². The van der Waals surface area contributed by atoms with Gasteiger partial charge in [0, 0.05) is 32.7 Å². The van der Waals surface area contributed by atoms with E-state index in [1.165, 1.54) is 0 Å². The van der Waals surface area contributed by atoms with Gasteiger partial charge in [-0.1, -0.05) is 54.7 Å². The molecule has 6 heteroatoms. The third-order valence-corrected chi connectivity index (χ3v) is 4.46. The molecular weight excluding hydrogens is 400 g/mol. The first-order valence-corrected chi connectivity index (χ1v) is 9.15. The van der Waals surface area contributed by atoms with Gasteiger partial charge in [-0.15, -0.1) is 12.4 Å². The Bertz CT molecular complexity index is 676. The maximum Gasteiger partial charge on any atom is 0.124 e. The van der Waals surface area contributed by atoms with Crippen LogP contribution in [0.3, 0.4) is 0 Å². The molecule has 25 heavy (non-hydrogen) atoms. The van der Waals surface area contributed by atoms with E-state index in [9.17, 15) is 0 Å². The molecule has 0 aliphatic carbocycles. The summed E-state index contributed by atoms with van der Waals surface area (Å²) in [5, 5.41) is 5.36. The molecule has 0 heterocycles. The molecule has 0 fully saturated rings. The smallest absolute Gasteiger partial charge is 0.124 e. The van der Waals surface area contributed by atoms with Gasteiger partial charge in [-0.2, -0.15) is 0 Å². The predicted molar refractivity (Wildman–Crippen MR) is 111 cm³/mol. The van der Waals surface area contributed by atoms with E-state index in [-0.39, 0.29) is 12.4 Å². The second-order valence-corrected chi connectivity index (χ2v) is 7.42. The van der Waals surface area contributed by atoms with Crippen molar-refractivity contribution in [2.75, 3.05) is 6.54 Å². The van der Waals surface area contributed by atoms with E-state index in [0.717, 1.165) is 36.4 Å². The highest BCUT2D eigenvalue weighted by Gasteiger charge is 2.08. The first-order chi connectivity index (χ1) is 11.5. The van der Waals surface area contributed by atoms with Crippen LogP contribution in [0.5, 0.6) is 5.75 Å². The number of hydrogen-bond acceptors (Lipinski definition) is 2. The average Bonchev–Trinajstić information content (AvgIpc) is 2.52. The van der Waals surface area contributed by atoms with Gasteiger partial charge in [-0.25, -0.2) is 0 Å². The molecule has 1 N–H and O–H groups in total. The van der Waals surface area contributed by atoms with E-state index < -0.39 is 0 Å². The summed E-state index contributed by atoms with van der Waals surface area (Å²) in [6.45, 7) is 6.50. The molecule has 0 bridgehead atoms. The summed E-state index contributed by atoms with van der Waals surface area (Å²) < 4.78 is 5.95. The lowest BCUT2D eigenvalue weighted by molar-refractivity contribution is 0.302. The van der Waals surface area contributed by atoms with E-state index in [4.69, 9.17) is 39.5 Å². The van der Waals surface area contributed by atoms with Crippen LogP contribution in [0.4, 0.5) is 0 Å². The van der Waals surface area contributed by atoms with Crippen molar-refractivity contribution >= 4 is 47.2 Å². The molecule has 0 unspecified atom stereocenters. The SMILES string of the molecule is CC(C)CCNCc1cc(Cl)ccc1OCc1ccc(Cl)cc1Cl.Cl. The van der Waals surface area contributed by atoms with Crippen LogP contribution in [-0.4, -0.2) is 6.54 Å². The zero-order valence-electron chi connectivity index (χ0n) is 14.3. The third-order valence-electron chi connectivity index (χ3n) is 3.63. The summed E-state index contributed by atoms with van der Waals surface area (Å²) in [4.78, 5) is 0. The standard InChI is InChI=1S/C19H22Cl3NO.ClH/c1-13(2)7-8-23-11-15-9-16(20)5-6-19(15)24-12-14-3-4-17(21)10-18(14)22;/h3-6,9-10,13,23H,7-8,11-12H2,1-2H3;1H. The number of nitrogens with one attached hydrogen (secondary N) is 1. The Kier molecular flexibility index (Phi) is 9.99. The highest BCUT2D eigenvalue weighted by atomic mass is 35.5. The molecule has 0 aliphatic rings. The average molecular weight is 423 g/mol. The fourth-order valence-corrected chi connectivity index (χ4v) is 2.89. The summed E-state index contributed by atoms with van der Waals surface area (Å²) in [7, 11) is 0. The van der Waals surface area contributed by atoms with Crippen molar-refractivity contribution in [3.8, 4) is 5.75 Å². The van der Waals surface area contributed by atoms with Crippen LogP contribution in [0.25, 0.3) is 0 Å².